The molecule has 0 unspecified atom stereocenters. The molecule has 0 aliphatic carbocycles. The van der Waals surface area contributed by atoms with Gasteiger partial charge in [0.2, 0.25) is 0 Å². The van der Waals surface area contributed by atoms with E-state index in [2.05, 4.69) is 15.3 Å². The molecule has 1 aromatic heterocycles. The number of nitrogens with zero attached hydrogens (tertiary/aromatic N) is 3. The monoisotopic (exact) mass is 453 g/mol. The van der Waals surface area contributed by atoms with Crippen LogP contribution in [0.25, 0.3) is 10.9 Å². The van der Waals surface area contributed by atoms with Crippen LogP contribution in [0.5, 0.6) is 11.5 Å². The molecule has 0 bridgehead atoms. The summed E-state index contributed by atoms with van der Waals surface area (Å²) in [7, 11) is 1.46. The van der Waals surface area contributed by atoms with E-state index in [1.807, 2.05) is 0 Å². The molecule has 0 atom stereocenters. The molecule has 1 saturated heterocycles. The summed E-state index contributed by atoms with van der Waals surface area (Å²) in [5.74, 6) is -0.267. The normalized spacial score (nSPS) is 21.1. The second-order valence-electron chi connectivity index (χ2n) is 6.55. The number of aromatic nitrogens is 2. The second kappa shape index (κ2) is 10.1. The van der Waals surface area contributed by atoms with Crippen molar-refractivity contribution in [2.75, 3.05) is 51.8 Å². The Morgan fingerprint density at radius 1 is 1.29 bits per heavy atom. The number of rotatable bonds is 8. The number of methoxy groups -OCH3 is 1. The number of anilines is 2. The number of nitrogens with one attached hydrogen (secondary N) is 1. The van der Waals surface area contributed by atoms with Gasteiger partial charge < -0.3 is 19.5 Å². The van der Waals surface area contributed by atoms with Gasteiger partial charge in [0, 0.05) is 36.8 Å². The van der Waals surface area contributed by atoms with Crippen LogP contribution in [0, 0.1) is 5.82 Å². The summed E-state index contributed by atoms with van der Waals surface area (Å²) in [6, 6.07) is 1.42. The van der Waals surface area contributed by atoms with Gasteiger partial charge in [0.25, 0.3) is 0 Å². The summed E-state index contributed by atoms with van der Waals surface area (Å²) in [4.78, 5) is 10.0. The number of benzene rings is 2. The van der Waals surface area contributed by atoms with Crippen LogP contribution in [0.2, 0.25) is 5.02 Å². The number of ether oxygens (including phenoxy) is 3. The molecule has 1 aliphatic rings. The van der Waals surface area contributed by atoms with Crippen molar-refractivity contribution in [3.8, 4) is 11.5 Å². The number of morpholine rings is 1. The molecule has 0 amide bonds. The maximum absolute atomic E-state index is 14.0. The summed E-state index contributed by atoms with van der Waals surface area (Å²) < 4.78 is 85.1. The zero-order valence-corrected chi connectivity index (χ0v) is 17.3. The van der Waals surface area contributed by atoms with Crippen LogP contribution < -0.4 is 14.8 Å². The van der Waals surface area contributed by atoms with Gasteiger partial charge in [-0.25, -0.2) is 14.4 Å². The molecular formula is C22H24ClFN4O3. The molecular weight excluding hydrogens is 423 g/mol. The average molecular weight is 454 g/mol. The first-order valence-corrected chi connectivity index (χ1v) is 9.79. The summed E-state index contributed by atoms with van der Waals surface area (Å²) in [6.07, 6.45) is 1.71. The van der Waals surface area contributed by atoms with Gasteiger partial charge in [-0.2, -0.15) is 0 Å². The lowest BCUT2D eigenvalue weighted by atomic mass is 10.2. The molecule has 2 aromatic carbocycles. The van der Waals surface area contributed by atoms with E-state index in [-0.39, 0.29) is 31.2 Å². The van der Waals surface area contributed by atoms with Gasteiger partial charge in [-0.15, -0.1) is 0 Å². The van der Waals surface area contributed by atoms with E-state index < -0.39 is 42.1 Å². The van der Waals surface area contributed by atoms with Crippen LogP contribution in [0.15, 0.2) is 36.6 Å². The van der Waals surface area contributed by atoms with Crippen LogP contribution in [-0.4, -0.2) is 61.3 Å². The Morgan fingerprint density at radius 2 is 2.13 bits per heavy atom. The molecule has 9 heteroatoms. The SMILES string of the molecule is [2H]c1c([2H])c(Nc2ncnc3cc(OC)c(OCCCN4CC([2H])([2H])OC([2H])([2H])C4)cc23)c([2H])c(Cl)c1F. The Bertz CT molecular complexity index is 1320. The molecule has 2 heterocycles. The predicted molar refractivity (Wildman–Crippen MR) is 118 cm³/mol. The largest absolute Gasteiger partial charge is 0.493 e. The fraction of sp³-hybridized carbons (Fsp3) is 0.364. The highest BCUT2D eigenvalue weighted by atomic mass is 35.5. The lowest BCUT2D eigenvalue weighted by molar-refractivity contribution is 0.0357. The Balaban J connectivity index is 1.54. The highest BCUT2D eigenvalue weighted by molar-refractivity contribution is 6.31. The molecule has 164 valence electrons. The smallest absolute Gasteiger partial charge is 0.162 e. The molecule has 0 saturated carbocycles. The van der Waals surface area contributed by atoms with Crippen LogP contribution in [0.3, 0.4) is 0 Å². The lowest BCUT2D eigenvalue weighted by Gasteiger charge is -2.26. The van der Waals surface area contributed by atoms with E-state index >= 15 is 0 Å². The molecule has 1 N–H and O–H groups in total. The molecule has 0 radical (unpaired) electrons. The molecule has 4 rings (SSSR count). The standard InChI is InChI=1S/C22H24ClFN4O3/c1-29-20-13-19-16(12-21(20)31-8-2-5-28-6-9-30-10-7-28)22(26-14-25-19)27-15-3-4-18(24)17(23)11-15/h3-4,11-14H,2,5-10H2,1H3,(H,25,26,27)/i3D,4D,9D2,10D2,11D. The van der Waals surface area contributed by atoms with E-state index in [4.69, 9.17) is 35.4 Å². The predicted octanol–water partition coefficient (Wildman–Crippen LogP) is 4.28. The zero-order chi connectivity index (χ0) is 27.8. The summed E-state index contributed by atoms with van der Waals surface area (Å²) >= 11 is 5.84. The maximum Gasteiger partial charge on any atom is 0.162 e. The van der Waals surface area contributed by atoms with Crippen molar-refractivity contribution in [1.82, 2.24) is 14.9 Å². The first-order chi connectivity index (χ1) is 17.8. The van der Waals surface area contributed by atoms with E-state index in [0.717, 1.165) is 0 Å². The number of fused-ring (bicyclic) bond motifs is 1. The minimum absolute atomic E-state index is 0.0679. The Hall–Kier alpha value is -2.68. The van der Waals surface area contributed by atoms with Gasteiger partial charge in [-0.1, -0.05) is 11.6 Å². The fourth-order valence-corrected chi connectivity index (χ4v) is 3.11. The minimum Gasteiger partial charge on any atom is -0.493 e. The quantitative estimate of drug-likeness (QED) is 0.510. The van der Waals surface area contributed by atoms with Gasteiger partial charge in [0.15, 0.2) is 11.5 Å². The van der Waals surface area contributed by atoms with Gasteiger partial charge in [-0.3, -0.25) is 4.90 Å². The number of hydrogen-bond donors (Lipinski definition) is 1. The first kappa shape index (κ1) is 14.4. The lowest BCUT2D eigenvalue weighted by Crippen LogP contribution is -2.37. The van der Waals surface area contributed by atoms with Crippen molar-refractivity contribution >= 4 is 34.0 Å². The third-order valence-corrected chi connectivity index (χ3v) is 4.75. The molecule has 1 fully saturated rings. The molecule has 0 spiro atoms. The van der Waals surface area contributed by atoms with Gasteiger partial charge in [-0.05, 0) is 30.6 Å². The van der Waals surface area contributed by atoms with E-state index in [1.54, 1.807) is 17.0 Å². The second-order valence-corrected chi connectivity index (χ2v) is 6.93. The van der Waals surface area contributed by atoms with Crippen molar-refractivity contribution in [3.05, 3.63) is 47.4 Å². The fourth-order valence-electron chi connectivity index (χ4n) is 2.97. The van der Waals surface area contributed by atoms with Crippen molar-refractivity contribution in [1.29, 1.82) is 0 Å². The highest BCUT2D eigenvalue weighted by Crippen LogP contribution is 2.35. The van der Waals surface area contributed by atoms with E-state index in [9.17, 15) is 4.39 Å². The van der Waals surface area contributed by atoms with Gasteiger partial charge in [0.1, 0.15) is 18.0 Å². The zero-order valence-electron chi connectivity index (χ0n) is 23.6. The van der Waals surface area contributed by atoms with Gasteiger partial charge >= 0.3 is 0 Å². The Labute approximate surface area is 194 Å². The third kappa shape index (κ3) is 5.33. The molecule has 1 aliphatic heterocycles. The van der Waals surface area contributed by atoms with Crippen LogP contribution in [-0.2, 0) is 4.74 Å². The summed E-state index contributed by atoms with van der Waals surface area (Å²) in [5.41, 5.74) is 0.256. The number of halogens is 2. The first-order valence-electron chi connectivity index (χ1n) is 12.9. The van der Waals surface area contributed by atoms with Crippen molar-refractivity contribution < 1.29 is 28.2 Å². The third-order valence-electron chi connectivity index (χ3n) is 4.49. The van der Waals surface area contributed by atoms with E-state index in [0.29, 0.717) is 35.4 Å². The van der Waals surface area contributed by atoms with Gasteiger partial charge in [0.05, 0.1) is 47.0 Å². The molecule has 7 nitrogen and oxygen atoms in total. The Kier molecular flexibility index (Phi) is 4.68. The minimum atomic E-state index is -2.10. The maximum atomic E-state index is 14.0. The van der Waals surface area contributed by atoms with Crippen molar-refractivity contribution in [3.63, 3.8) is 0 Å². The average Bonchev–Trinajstić information content (AvgIpc) is 2.84. The van der Waals surface area contributed by atoms with Crippen LogP contribution >= 0.6 is 11.6 Å². The number of hydrogen-bond acceptors (Lipinski definition) is 7. The topological polar surface area (TPSA) is 68.7 Å². The highest BCUT2D eigenvalue weighted by Gasteiger charge is 2.14. The Morgan fingerprint density at radius 3 is 2.94 bits per heavy atom. The van der Waals surface area contributed by atoms with Crippen LogP contribution in [0.1, 0.15) is 16.0 Å². The van der Waals surface area contributed by atoms with Crippen molar-refractivity contribution in [2.45, 2.75) is 6.42 Å². The van der Waals surface area contributed by atoms with E-state index in [1.165, 1.54) is 13.4 Å². The summed E-state index contributed by atoms with van der Waals surface area (Å²) in [5, 5.41) is 2.65. The van der Waals surface area contributed by atoms with Crippen molar-refractivity contribution in [2.24, 2.45) is 0 Å². The van der Waals surface area contributed by atoms with Crippen LogP contribution in [0.4, 0.5) is 15.9 Å². The molecule has 31 heavy (non-hydrogen) atoms. The summed E-state index contributed by atoms with van der Waals surface area (Å²) in [6.45, 7) is -3.76. The molecule has 3 aromatic rings.